The summed E-state index contributed by atoms with van der Waals surface area (Å²) in [4.78, 5) is 12.7. The van der Waals surface area contributed by atoms with Crippen LogP contribution in [-0.4, -0.2) is 19.4 Å². The number of anilines is 1. The predicted octanol–water partition coefficient (Wildman–Crippen LogP) is 2.57. The summed E-state index contributed by atoms with van der Waals surface area (Å²) in [6, 6.07) is 3.61. The van der Waals surface area contributed by atoms with Crippen LogP contribution in [0.25, 0.3) is 0 Å². The quantitative estimate of drug-likeness (QED) is 0.714. The zero-order chi connectivity index (χ0) is 10.8. The Hall–Kier alpha value is -1.25. The molecule has 1 aliphatic heterocycles. The Morgan fingerprint density at radius 2 is 2.33 bits per heavy atom. The van der Waals surface area contributed by atoms with Crippen LogP contribution in [0.1, 0.15) is 30.8 Å². The zero-order valence-corrected chi connectivity index (χ0v) is 9.27. The fourth-order valence-electron chi connectivity index (χ4n) is 2.11. The van der Waals surface area contributed by atoms with Crippen LogP contribution in [-0.2, 0) is 0 Å². The first-order chi connectivity index (χ1) is 7.20. The molecule has 15 heavy (non-hydrogen) atoms. The predicted molar refractivity (Wildman–Crippen MR) is 59.3 cm³/mol. The maximum atomic E-state index is 10.5. The molecule has 0 amide bonds. The van der Waals surface area contributed by atoms with Gasteiger partial charge in [0.15, 0.2) is 17.9 Å². The first-order valence-electron chi connectivity index (χ1n) is 5.50. The lowest BCUT2D eigenvalue weighted by atomic mass is 9.95. The monoisotopic (exact) mass is 207 g/mol. The van der Waals surface area contributed by atoms with E-state index in [1.54, 1.807) is 6.07 Å². The Morgan fingerprint density at radius 3 is 2.87 bits per heavy atom. The van der Waals surface area contributed by atoms with Gasteiger partial charge in [0.05, 0.1) is 0 Å². The number of hydrogen-bond acceptors (Lipinski definition) is 3. The van der Waals surface area contributed by atoms with E-state index in [4.69, 9.17) is 4.42 Å². The Bertz CT molecular complexity index is 343. The highest BCUT2D eigenvalue weighted by Crippen LogP contribution is 2.28. The SMILES string of the molecule is CC(C)C1CCN(c2ccc(C=O)o2)C1. The summed E-state index contributed by atoms with van der Waals surface area (Å²) < 4.78 is 5.40. The third-order valence-corrected chi connectivity index (χ3v) is 3.21. The fraction of sp³-hybridized carbons (Fsp3) is 0.583. The standard InChI is InChI=1S/C12H17NO2/c1-9(2)10-5-6-13(7-10)12-4-3-11(8-14)15-12/h3-4,8-10H,5-7H2,1-2H3. The van der Waals surface area contributed by atoms with Crippen LogP contribution in [0, 0.1) is 11.8 Å². The number of rotatable bonds is 3. The molecule has 1 atom stereocenters. The molecule has 3 nitrogen and oxygen atoms in total. The third-order valence-electron chi connectivity index (χ3n) is 3.21. The van der Waals surface area contributed by atoms with Crippen molar-refractivity contribution in [1.29, 1.82) is 0 Å². The van der Waals surface area contributed by atoms with Gasteiger partial charge in [0, 0.05) is 19.2 Å². The number of aldehydes is 1. The van der Waals surface area contributed by atoms with E-state index in [2.05, 4.69) is 18.7 Å². The molecule has 0 bridgehead atoms. The average Bonchev–Trinajstić information content (AvgIpc) is 2.86. The molecule has 1 aromatic heterocycles. The normalized spacial score (nSPS) is 21.3. The second-order valence-electron chi connectivity index (χ2n) is 4.53. The molecular weight excluding hydrogens is 190 g/mol. The van der Waals surface area contributed by atoms with Crippen molar-refractivity contribution in [3.63, 3.8) is 0 Å². The molecule has 0 aliphatic carbocycles. The van der Waals surface area contributed by atoms with E-state index >= 15 is 0 Å². The van der Waals surface area contributed by atoms with E-state index < -0.39 is 0 Å². The minimum atomic E-state index is 0.415. The van der Waals surface area contributed by atoms with E-state index in [1.807, 2.05) is 6.07 Å². The Labute approximate surface area is 90.1 Å². The van der Waals surface area contributed by atoms with Crippen LogP contribution >= 0.6 is 0 Å². The van der Waals surface area contributed by atoms with Crippen LogP contribution in [0.4, 0.5) is 5.88 Å². The second-order valence-corrected chi connectivity index (χ2v) is 4.53. The van der Waals surface area contributed by atoms with Gasteiger partial charge in [-0.3, -0.25) is 4.79 Å². The van der Waals surface area contributed by atoms with Gasteiger partial charge in [0.25, 0.3) is 0 Å². The molecule has 2 rings (SSSR count). The van der Waals surface area contributed by atoms with Gasteiger partial charge in [0.2, 0.25) is 0 Å². The summed E-state index contributed by atoms with van der Waals surface area (Å²) in [5.74, 6) is 2.71. The summed E-state index contributed by atoms with van der Waals surface area (Å²) in [5, 5.41) is 0. The molecule has 2 heterocycles. The van der Waals surface area contributed by atoms with E-state index in [0.29, 0.717) is 5.76 Å². The van der Waals surface area contributed by atoms with Crippen molar-refractivity contribution in [3.05, 3.63) is 17.9 Å². The van der Waals surface area contributed by atoms with Crippen molar-refractivity contribution in [2.75, 3.05) is 18.0 Å². The summed E-state index contributed by atoms with van der Waals surface area (Å²) in [7, 11) is 0. The number of carbonyl (C=O) groups excluding carboxylic acids is 1. The Morgan fingerprint density at radius 1 is 1.53 bits per heavy atom. The van der Waals surface area contributed by atoms with Gasteiger partial charge in [-0.05, 0) is 24.3 Å². The van der Waals surface area contributed by atoms with Gasteiger partial charge in [-0.2, -0.15) is 0 Å². The van der Waals surface area contributed by atoms with Crippen LogP contribution in [0.3, 0.4) is 0 Å². The van der Waals surface area contributed by atoms with E-state index in [1.165, 1.54) is 6.42 Å². The molecule has 0 N–H and O–H groups in total. The lowest BCUT2D eigenvalue weighted by molar-refractivity contribution is 0.110. The van der Waals surface area contributed by atoms with Gasteiger partial charge in [-0.15, -0.1) is 0 Å². The molecular formula is C12H17NO2. The van der Waals surface area contributed by atoms with Crippen molar-refractivity contribution in [1.82, 2.24) is 0 Å². The van der Waals surface area contributed by atoms with Crippen LogP contribution < -0.4 is 4.90 Å². The molecule has 0 radical (unpaired) electrons. The molecule has 1 saturated heterocycles. The number of furan rings is 1. The summed E-state index contributed by atoms with van der Waals surface area (Å²) in [6.07, 6.45) is 1.97. The first-order valence-corrected chi connectivity index (χ1v) is 5.50. The number of carbonyl (C=O) groups is 1. The minimum Gasteiger partial charge on any atom is -0.438 e. The number of hydrogen-bond donors (Lipinski definition) is 0. The highest BCUT2D eigenvalue weighted by molar-refractivity contribution is 5.71. The van der Waals surface area contributed by atoms with Crippen LogP contribution in [0.5, 0.6) is 0 Å². The van der Waals surface area contributed by atoms with Gasteiger partial charge in [-0.1, -0.05) is 13.8 Å². The Kier molecular flexibility index (Phi) is 2.80. The summed E-state index contributed by atoms with van der Waals surface area (Å²) in [5.41, 5.74) is 0. The molecule has 1 aliphatic rings. The molecule has 1 aromatic rings. The van der Waals surface area contributed by atoms with E-state index in [0.717, 1.165) is 37.1 Å². The summed E-state index contributed by atoms with van der Waals surface area (Å²) in [6.45, 7) is 6.60. The summed E-state index contributed by atoms with van der Waals surface area (Å²) >= 11 is 0. The molecule has 0 aromatic carbocycles. The maximum absolute atomic E-state index is 10.5. The van der Waals surface area contributed by atoms with Crippen LogP contribution in [0.15, 0.2) is 16.5 Å². The van der Waals surface area contributed by atoms with E-state index in [9.17, 15) is 4.79 Å². The highest BCUT2D eigenvalue weighted by atomic mass is 16.4. The fourth-order valence-corrected chi connectivity index (χ4v) is 2.11. The van der Waals surface area contributed by atoms with Gasteiger partial charge in [-0.25, -0.2) is 0 Å². The molecule has 3 heteroatoms. The van der Waals surface area contributed by atoms with Gasteiger partial charge in [0.1, 0.15) is 0 Å². The zero-order valence-electron chi connectivity index (χ0n) is 9.27. The van der Waals surface area contributed by atoms with Crippen molar-refractivity contribution in [2.45, 2.75) is 20.3 Å². The maximum Gasteiger partial charge on any atom is 0.196 e. The largest absolute Gasteiger partial charge is 0.438 e. The van der Waals surface area contributed by atoms with Crippen molar-refractivity contribution < 1.29 is 9.21 Å². The third kappa shape index (κ3) is 2.06. The topological polar surface area (TPSA) is 33.5 Å². The number of nitrogens with zero attached hydrogens (tertiary/aromatic N) is 1. The first kappa shape index (κ1) is 10.3. The Balaban J connectivity index is 2.04. The molecule has 0 saturated carbocycles. The molecule has 0 spiro atoms. The second kappa shape index (κ2) is 4.09. The lowest BCUT2D eigenvalue weighted by Gasteiger charge is -2.16. The van der Waals surface area contributed by atoms with Crippen molar-refractivity contribution >= 4 is 12.2 Å². The van der Waals surface area contributed by atoms with Gasteiger partial charge < -0.3 is 9.32 Å². The molecule has 82 valence electrons. The van der Waals surface area contributed by atoms with Crippen molar-refractivity contribution in [2.24, 2.45) is 11.8 Å². The lowest BCUT2D eigenvalue weighted by Crippen LogP contribution is -2.20. The molecule has 1 unspecified atom stereocenters. The van der Waals surface area contributed by atoms with Gasteiger partial charge >= 0.3 is 0 Å². The van der Waals surface area contributed by atoms with Crippen molar-refractivity contribution in [3.8, 4) is 0 Å². The molecule has 1 fully saturated rings. The highest BCUT2D eigenvalue weighted by Gasteiger charge is 2.26. The van der Waals surface area contributed by atoms with E-state index in [-0.39, 0.29) is 0 Å². The average molecular weight is 207 g/mol. The van der Waals surface area contributed by atoms with Crippen LogP contribution in [0.2, 0.25) is 0 Å². The smallest absolute Gasteiger partial charge is 0.196 e. The minimum absolute atomic E-state index is 0.415.